The van der Waals surface area contributed by atoms with Crippen molar-refractivity contribution in [3.8, 4) is 11.5 Å². The standard InChI is InChI=1S/C22H23N5O2/c28-20(18-3-1-9-24-14-18)27-12-2-8-22(15-27,13-16-4-5-16)21-25-19(29-26-21)17-6-10-23-11-7-17/h1,3,6-7,9-11,14,16H,2,4-5,8,12-13,15H2. The van der Waals surface area contributed by atoms with Gasteiger partial charge in [0.15, 0.2) is 5.82 Å². The van der Waals surface area contributed by atoms with E-state index in [0.29, 0.717) is 23.9 Å². The molecule has 2 aliphatic rings. The quantitative estimate of drug-likeness (QED) is 0.664. The van der Waals surface area contributed by atoms with Crippen molar-refractivity contribution in [2.24, 2.45) is 5.92 Å². The molecule has 7 heteroatoms. The first kappa shape index (κ1) is 18.0. The van der Waals surface area contributed by atoms with Gasteiger partial charge in [0.1, 0.15) is 0 Å². The number of aromatic nitrogens is 4. The van der Waals surface area contributed by atoms with E-state index in [9.17, 15) is 4.79 Å². The van der Waals surface area contributed by atoms with E-state index in [1.165, 1.54) is 12.8 Å². The molecule has 1 amide bonds. The molecule has 4 heterocycles. The lowest BCUT2D eigenvalue weighted by molar-refractivity contribution is 0.0606. The summed E-state index contributed by atoms with van der Waals surface area (Å²) in [7, 11) is 0. The zero-order valence-electron chi connectivity index (χ0n) is 16.2. The molecule has 5 rings (SSSR count). The maximum absolute atomic E-state index is 13.1. The van der Waals surface area contributed by atoms with Crippen LogP contribution in [0.4, 0.5) is 0 Å². The minimum Gasteiger partial charge on any atom is -0.338 e. The molecule has 3 aromatic rings. The van der Waals surface area contributed by atoms with Crippen LogP contribution in [-0.4, -0.2) is 44.0 Å². The highest BCUT2D eigenvalue weighted by Crippen LogP contribution is 2.46. The van der Waals surface area contributed by atoms with Crippen LogP contribution in [0.5, 0.6) is 0 Å². The van der Waals surface area contributed by atoms with E-state index in [-0.39, 0.29) is 11.3 Å². The lowest BCUT2D eigenvalue weighted by Gasteiger charge is -2.41. The van der Waals surface area contributed by atoms with Crippen molar-refractivity contribution >= 4 is 5.91 Å². The van der Waals surface area contributed by atoms with Crippen LogP contribution in [0.15, 0.2) is 53.6 Å². The van der Waals surface area contributed by atoms with Gasteiger partial charge in [0.25, 0.3) is 11.8 Å². The summed E-state index contributed by atoms with van der Waals surface area (Å²) in [5, 5.41) is 4.38. The second-order valence-corrected chi connectivity index (χ2v) is 8.16. The minimum absolute atomic E-state index is 0.0239. The number of hydrogen-bond donors (Lipinski definition) is 0. The molecule has 1 saturated heterocycles. The van der Waals surface area contributed by atoms with Crippen LogP contribution in [0.25, 0.3) is 11.5 Å². The molecule has 148 valence electrons. The number of pyridine rings is 2. The fourth-order valence-corrected chi connectivity index (χ4v) is 4.34. The number of amides is 1. The van der Waals surface area contributed by atoms with Gasteiger partial charge >= 0.3 is 0 Å². The summed E-state index contributed by atoms with van der Waals surface area (Å²) in [4.78, 5) is 27.9. The van der Waals surface area contributed by atoms with Gasteiger partial charge in [0.05, 0.1) is 11.0 Å². The molecule has 0 spiro atoms. The van der Waals surface area contributed by atoms with Gasteiger partial charge in [0, 0.05) is 43.4 Å². The molecule has 1 unspecified atom stereocenters. The van der Waals surface area contributed by atoms with Crippen LogP contribution in [0.3, 0.4) is 0 Å². The maximum atomic E-state index is 13.1. The number of rotatable bonds is 5. The fourth-order valence-electron chi connectivity index (χ4n) is 4.34. The molecule has 29 heavy (non-hydrogen) atoms. The summed E-state index contributed by atoms with van der Waals surface area (Å²) >= 11 is 0. The van der Waals surface area contributed by atoms with E-state index in [2.05, 4.69) is 15.1 Å². The summed E-state index contributed by atoms with van der Waals surface area (Å²) in [6.45, 7) is 1.36. The predicted octanol–water partition coefficient (Wildman–Crippen LogP) is 3.50. The molecule has 0 N–H and O–H groups in total. The largest absolute Gasteiger partial charge is 0.338 e. The molecule has 1 atom stereocenters. The predicted molar refractivity (Wildman–Crippen MR) is 106 cm³/mol. The molecule has 3 aromatic heterocycles. The highest BCUT2D eigenvalue weighted by molar-refractivity contribution is 5.94. The van der Waals surface area contributed by atoms with Gasteiger partial charge in [-0.25, -0.2) is 0 Å². The van der Waals surface area contributed by atoms with E-state index >= 15 is 0 Å². The Hall–Kier alpha value is -3.09. The Morgan fingerprint density at radius 2 is 2.03 bits per heavy atom. The number of nitrogens with zero attached hydrogens (tertiary/aromatic N) is 5. The first-order valence-electron chi connectivity index (χ1n) is 10.2. The lowest BCUT2D eigenvalue weighted by Crippen LogP contribution is -2.49. The third-order valence-electron chi connectivity index (χ3n) is 5.98. The highest BCUT2D eigenvalue weighted by Gasteiger charge is 2.46. The molecule has 1 aliphatic heterocycles. The lowest BCUT2D eigenvalue weighted by atomic mass is 9.74. The highest BCUT2D eigenvalue weighted by atomic mass is 16.5. The van der Waals surface area contributed by atoms with Crippen molar-refractivity contribution in [2.75, 3.05) is 13.1 Å². The van der Waals surface area contributed by atoms with Crippen LogP contribution < -0.4 is 0 Å². The van der Waals surface area contributed by atoms with Crippen molar-refractivity contribution in [1.29, 1.82) is 0 Å². The van der Waals surface area contributed by atoms with Gasteiger partial charge < -0.3 is 9.42 Å². The van der Waals surface area contributed by atoms with Crippen LogP contribution in [0, 0.1) is 5.92 Å². The molecule has 1 saturated carbocycles. The summed E-state index contributed by atoms with van der Waals surface area (Å²) in [5.74, 6) is 1.94. The van der Waals surface area contributed by atoms with Gasteiger partial charge in [-0.3, -0.25) is 14.8 Å². The molecule has 0 aromatic carbocycles. The van der Waals surface area contributed by atoms with Crippen LogP contribution >= 0.6 is 0 Å². The van der Waals surface area contributed by atoms with Crippen LogP contribution in [0.1, 0.15) is 48.3 Å². The first-order chi connectivity index (χ1) is 14.2. The third kappa shape index (κ3) is 3.64. The third-order valence-corrected chi connectivity index (χ3v) is 5.98. The average Bonchev–Trinajstić information content (AvgIpc) is 3.44. The van der Waals surface area contributed by atoms with E-state index in [1.807, 2.05) is 23.1 Å². The number of carbonyl (C=O) groups is 1. The van der Waals surface area contributed by atoms with Crippen LogP contribution in [0.2, 0.25) is 0 Å². The van der Waals surface area contributed by atoms with Crippen molar-refractivity contribution in [2.45, 2.75) is 37.5 Å². The van der Waals surface area contributed by atoms with Gasteiger partial charge in [-0.05, 0) is 49.4 Å². The summed E-state index contributed by atoms with van der Waals surface area (Å²) in [6, 6.07) is 7.35. The Labute approximate surface area is 169 Å². The summed E-state index contributed by atoms with van der Waals surface area (Å²) in [6.07, 6.45) is 12.1. The Balaban J connectivity index is 1.45. The average molecular weight is 389 g/mol. The van der Waals surface area contributed by atoms with Crippen LogP contribution in [-0.2, 0) is 5.41 Å². The number of carbonyl (C=O) groups excluding carboxylic acids is 1. The number of likely N-dealkylation sites (tertiary alicyclic amines) is 1. The summed E-state index contributed by atoms with van der Waals surface area (Å²) in [5.41, 5.74) is 1.23. The molecular weight excluding hydrogens is 366 g/mol. The maximum Gasteiger partial charge on any atom is 0.258 e. The summed E-state index contributed by atoms with van der Waals surface area (Å²) < 4.78 is 5.61. The van der Waals surface area contributed by atoms with E-state index < -0.39 is 0 Å². The SMILES string of the molecule is O=C(c1cccnc1)N1CCCC(CC2CC2)(c2noc(-c3ccncc3)n2)C1. The fraction of sp³-hybridized carbons (Fsp3) is 0.409. The second-order valence-electron chi connectivity index (χ2n) is 8.16. The van der Waals surface area contributed by atoms with Crippen molar-refractivity contribution in [1.82, 2.24) is 25.0 Å². The van der Waals surface area contributed by atoms with E-state index in [4.69, 9.17) is 9.51 Å². The Morgan fingerprint density at radius 1 is 1.17 bits per heavy atom. The van der Waals surface area contributed by atoms with E-state index in [0.717, 1.165) is 37.2 Å². The zero-order chi connectivity index (χ0) is 19.7. The Morgan fingerprint density at radius 3 is 2.79 bits per heavy atom. The van der Waals surface area contributed by atoms with Crippen molar-refractivity contribution < 1.29 is 9.32 Å². The number of piperidine rings is 1. The Kier molecular flexibility index (Phi) is 4.58. The smallest absolute Gasteiger partial charge is 0.258 e. The molecule has 0 bridgehead atoms. The van der Waals surface area contributed by atoms with Gasteiger partial charge in [0.2, 0.25) is 0 Å². The van der Waals surface area contributed by atoms with Gasteiger partial charge in [-0.2, -0.15) is 4.98 Å². The second kappa shape index (κ2) is 7.39. The topological polar surface area (TPSA) is 85.0 Å². The number of hydrogen-bond acceptors (Lipinski definition) is 6. The normalized spacial score (nSPS) is 21.9. The van der Waals surface area contributed by atoms with Crippen molar-refractivity contribution in [3.63, 3.8) is 0 Å². The minimum atomic E-state index is -0.258. The van der Waals surface area contributed by atoms with Gasteiger partial charge in [-0.1, -0.05) is 18.0 Å². The zero-order valence-corrected chi connectivity index (χ0v) is 16.2. The molecule has 2 fully saturated rings. The van der Waals surface area contributed by atoms with E-state index in [1.54, 1.807) is 30.9 Å². The molecule has 1 aliphatic carbocycles. The first-order valence-corrected chi connectivity index (χ1v) is 10.2. The monoisotopic (exact) mass is 389 g/mol. The van der Waals surface area contributed by atoms with Gasteiger partial charge in [-0.15, -0.1) is 0 Å². The van der Waals surface area contributed by atoms with Crippen molar-refractivity contribution in [3.05, 3.63) is 60.4 Å². The molecule has 7 nitrogen and oxygen atoms in total. The molecule has 0 radical (unpaired) electrons. The molecular formula is C22H23N5O2. The Bertz CT molecular complexity index is 987.